The van der Waals surface area contributed by atoms with Gasteiger partial charge in [-0.3, -0.25) is 4.79 Å². The maximum absolute atomic E-state index is 13.2. The Labute approximate surface area is 163 Å². The van der Waals surface area contributed by atoms with Gasteiger partial charge in [-0.1, -0.05) is 36.6 Å². The molecule has 27 heavy (non-hydrogen) atoms. The molecule has 2 aromatic carbocycles. The van der Waals surface area contributed by atoms with E-state index in [1.165, 1.54) is 14.2 Å². The molecule has 2 aromatic rings. The zero-order valence-corrected chi connectivity index (χ0v) is 16.1. The first-order valence-electron chi connectivity index (χ1n) is 8.84. The lowest BCUT2D eigenvalue weighted by molar-refractivity contribution is -0.121. The van der Waals surface area contributed by atoms with Crippen LogP contribution in [-0.4, -0.2) is 26.1 Å². The largest absolute Gasteiger partial charge is 0.496 e. The summed E-state index contributed by atoms with van der Waals surface area (Å²) < 4.78 is 10.00. The zero-order chi connectivity index (χ0) is 19.4. The van der Waals surface area contributed by atoms with Crippen LogP contribution in [0.2, 0.25) is 5.02 Å². The number of carbonyl (C=O) groups is 2. The maximum atomic E-state index is 13.2. The minimum Gasteiger partial charge on any atom is -0.496 e. The molecule has 0 bridgehead atoms. The van der Waals surface area contributed by atoms with Gasteiger partial charge in [-0.25, -0.2) is 4.79 Å². The van der Waals surface area contributed by atoms with E-state index in [9.17, 15) is 9.59 Å². The normalized spacial score (nSPS) is 15.2. The Bertz CT molecular complexity index is 842. The molecule has 0 saturated heterocycles. The summed E-state index contributed by atoms with van der Waals surface area (Å²) in [6.07, 6.45) is 3.54. The highest BCUT2D eigenvalue weighted by Gasteiger charge is 2.42. The second kappa shape index (κ2) is 8.01. The average Bonchev–Trinajstić information content (AvgIpc) is 3.19. The molecule has 0 atom stereocenters. The number of anilines is 1. The lowest BCUT2D eigenvalue weighted by Gasteiger charge is -2.28. The van der Waals surface area contributed by atoms with Gasteiger partial charge in [0.25, 0.3) is 0 Å². The number of amides is 1. The van der Waals surface area contributed by atoms with Gasteiger partial charge in [0, 0.05) is 10.7 Å². The molecule has 0 aliphatic heterocycles. The molecule has 1 aliphatic carbocycles. The number of methoxy groups -OCH3 is 2. The Morgan fingerprint density at radius 2 is 1.70 bits per heavy atom. The van der Waals surface area contributed by atoms with Crippen molar-refractivity contribution in [3.05, 3.63) is 58.6 Å². The smallest absolute Gasteiger partial charge is 0.341 e. The van der Waals surface area contributed by atoms with Crippen LogP contribution < -0.4 is 10.1 Å². The van der Waals surface area contributed by atoms with E-state index in [1.54, 1.807) is 18.2 Å². The van der Waals surface area contributed by atoms with E-state index in [4.69, 9.17) is 21.1 Å². The van der Waals surface area contributed by atoms with Crippen LogP contribution in [0.25, 0.3) is 0 Å². The zero-order valence-electron chi connectivity index (χ0n) is 15.4. The van der Waals surface area contributed by atoms with Crippen molar-refractivity contribution < 1.29 is 19.1 Å². The number of rotatable bonds is 5. The second-order valence-electron chi connectivity index (χ2n) is 6.66. The van der Waals surface area contributed by atoms with Gasteiger partial charge in [0.15, 0.2) is 0 Å². The quantitative estimate of drug-likeness (QED) is 0.762. The van der Waals surface area contributed by atoms with Crippen molar-refractivity contribution in [2.24, 2.45) is 0 Å². The maximum Gasteiger partial charge on any atom is 0.341 e. The van der Waals surface area contributed by atoms with Crippen molar-refractivity contribution in [1.29, 1.82) is 0 Å². The highest BCUT2D eigenvalue weighted by Crippen LogP contribution is 2.42. The second-order valence-corrected chi connectivity index (χ2v) is 7.09. The molecule has 0 heterocycles. The predicted molar refractivity (Wildman–Crippen MR) is 105 cm³/mol. The lowest BCUT2D eigenvalue weighted by Crippen LogP contribution is -2.38. The molecular weight excluding hydrogens is 366 g/mol. The van der Waals surface area contributed by atoms with Crippen molar-refractivity contribution in [3.8, 4) is 5.75 Å². The molecule has 5 nitrogen and oxygen atoms in total. The lowest BCUT2D eigenvalue weighted by atomic mass is 9.78. The number of carbonyl (C=O) groups excluding carboxylic acids is 2. The van der Waals surface area contributed by atoms with E-state index in [1.807, 2.05) is 24.3 Å². The third-order valence-electron chi connectivity index (χ3n) is 5.15. The molecule has 0 unspecified atom stereocenters. The fraction of sp³-hybridized carbons (Fsp3) is 0.333. The van der Waals surface area contributed by atoms with Gasteiger partial charge in [-0.05, 0) is 48.7 Å². The van der Waals surface area contributed by atoms with Gasteiger partial charge in [0.1, 0.15) is 11.3 Å². The Morgan fingerprint density at radius 1 is 1.04 bits per heavy atom. The number of esters is 1. The molecule has 1 aliphatic rings. The summed E-state index contributed by atoms with van der Waals surface area (Å²) in [5.74, 6) is -0.201. The van der Waals surface area contributed by atoms with Crippen molar-refractivity contribution in [3.63, 3.8) is 0 Å². The summed E-state index contributed by atoms with van der Waals surface area (Å²) in [5, 5.41) is 3.62. The van der Waals surface area contributed by atoms with Crippen LogP contribution in [0.3, 0.4) is 0 Å². The van der Waals surface area contributed by atoms with Gasteiger partial charge in [-0.2, -0.15) is 0 Å². The van der Waals surface area contributed by atoms with Gasteiger partial charge in [0.05, 0.1) is 19.6 Å². The van der Waals surface area contributed by atoms with Crippen LogP contribution in [0.1, 0.15) is 41.6 Å². The van der Waals surface area contributed by atoms with Crippen LogP contribution in [0, 0.1) is 0 Å². The van der Waals surface area contributed by atoms with Crippen LogP contribution in [0.15, 0.2) is 42.5 Å². The van der Waals surface area contributed by atoms with Crippen molar-refractivity contribution in [2.75, 3.05) is 19.5 Å². The molecule has 0 spiro atoms. The fourth-order valence-corrected chi connectivity index (χ4v) is 3.83. The van der Waals surface area contributed by atoms with E-state index in [0.717, 1.165) is 31.2 Å². The van der Waals surface area contributed by atoms with E-state index in [-0.39, 0.29) is 11.5 Å². The molecule has 0 radical (unpaired) electrons. The minimum atomic E-state index is -0.587. The van der Waals surface area contributed by atoms with E-state index in [0.29, 0.717) is 16.5 Å². The van der Waals surface area contributed by atoms with Gasteiger partial charge >= 0.3 is 5.97 Å². The predicted octanol–water partition coefficient (Wildman–Crippen LogP) is 4.59. The summed E-state index contributed by atoms with van der Waals surface area (Å²) >= 11 is 6.01. The highest BCUT2D eigenvalue weighted by molar-refractivity contribution is 6.30. The van der Waals surface area contributed by atoms with E-state index < -0.39 is 11.4 Å². The first kappa shape index (κ1) is 19.2. The van der Waals surface area contributed by atoms with Crippen molar-refractivity contribution in [2.45, 2.75) is 31.1 Å². The Balaban J connectivity index is 1.91. The fourth-order valence-electron chi connectivity index (χ4n) is 3.70. The molecule has 1 fully saturated rings. The first-order valence-corrected chi connectivity index (χ1v) is 9.22. The van der Waals surface area contributed by atoms with Crippen LogP contribution in [-0.2, 0) is 14.9 Å². The third kappa shape index (κ3) is 3.78. The van der Waals surface area contributed by atoms with Crippen LogP contribution in [0.4, 0.5) is 5.69 Å². The van der Waals surface area contributed by atoms with E-state index in [2.05, 4.69) is 5.32 Å². The Hall–Kier alpha value is -2.53. The molecule has 6 heteroatoms. The monoisotopic (exact) mass is 387 g/mol. The molecule has 1 amide bonds. The summed E-state index contributed by atoms with van der Waals surface area (Å²) in [4.78, 5) is 25.2. The molecule has 0 aromatic heterocycles. The number of hydrogen-bond acceptors (Lipinski definition) is 4. The molecule has 1 N–H and O–H groups in total. The van der Waals surface area contributed by atoms with Crippen LogP contribution >= 0.6 is 11.6 Å². The van der Waals surface area contributed by atoms with Crippen LogP contribution in [0.5, 0.6) is 5.75 Å². The Kier molecular flexibility index (Phi) is 5.71. The van der Waals surface area contributed by atoms with Gasteiger partial charge < -0.3 is 14.8 Å². The van der Waals surface area contributed by atoms with E-state index >= 15 is 0 Å². The summed E-state index contributed by atoms with van der Waals surface area (Å²) in [6, 6.07) is 12.4. The van der Waals surface area contributed by atoms with Crippen molar-refractivity contribution in [1.82, 2.24) is 0 Å². The molecule has 142 valence electrons. The molecule has 1 saturated carbocycles. The minimum absolute atomic E-state index is 0.0803. The standard InChI is InChI=1S/C21H22ClNO4/c1-26-18-10-9-16(13-17(18)19(24)27-2)23-20(25)21(11-3-4-12-21)14-5-7-15(22)8-6-14/h5-10,13H,3-4,11-12H2,1-2H3,(H,23,25). The molecular formula is C21H22ClNO4. The Morgan fingerprint density at radius 3 is 2.30 bits per heavy atom. The number of hydrogen-bond donors (Lipinski definition) is 1. The number of ether oxygens (including phenoxy) is 2. The number of nitrogens with one attached hydrogen (secondary N) is 1. The van der Waals surface area contributed by atoms with Crippen molar-refractivity contribution >= 4 is 29.2 Å². The summed E-state index contributed by atoms with van der Waals surface area (Å²) in [6.45, 7) is 0. The SMILES string of the molecule is COC(=O)c1cc(NC(=O)C2(c3ccc(Cl)cc3)CCCC2)ccc1OC. The summed E-state index contributed by atoms with van der Waals surface area (Å²) in [5.41, 5.74) is 1.17. The number of benzene rings is 2. The molecule has 3 rings (SSSR count). The number of halogens is 1. The summed E-state index contributed by atoms with van der Waals surface area (Å²) in [7, 11) is 2.79. The van der Waals surface area contributed by atoms with Gasteiger partial charge in [-0.15, -0.1) is 0 Å². The topological polar surface area (TPSA) is 64.6 Å². The highest BCUT2D eigenvalue weighted by atomic mass is 35.5. The van der Waals surface area contributed by atoms with Gasteiger partial charge in [0.2, 0.25) is 5.91 Å². The average molecular weight is 388 g/mol. The third-order valence-corrected chi connectivity index (χ3v) is 5.40. The first-order chi connectivity index (χ1) is 13.0.